The van der Waals surface area contributed by atoms with Crippen molar-refractivity contribution in [3.63, 3.8) is 0 Å². The van der Waals surface area contributed by atoms with Crippen LogP contribution in [0.2, 0.25) is 0 Å². The van der Waals surface area contributed by atoms with Gasteiger partial charge in [-0.05, 0) is 44.5 Å². The molecule has 134 valence electrons. The second kappa shape index (κ2) is 7.00. The fourth-order valence-corrected chi connectivity index (χ4v) is 2.68. The summed E-state index contributed by atoms with van der Waals surface area (Å²) >= 11 is 0. The van der Waals surface area contributed by atoms with Crippen LogP contribution >= 0.6 is 0 Å². The Hall–Kier alpha value is -3.15. The molecule has 0 spiro atoms. The van der Waals surface area contributed by atoms with Crippen molar-refractivity contribution in [2.45, 2.75) is 32.9 Å². The molecule has 6 nitrogen and oxygen atoms in total. The maximum Gasteiger partial charge on any atom is 0.319 e. The molecule has 0 atom stereocenters. The van der Waals surface area contributed by atoms with Crippen molar-refractivity contribution < 1.29 is 4.79 Å². The Kier molecular flexibility index (Phi) is 4.75. The Labute approximate surface area is 151 Å². The minimum atomic E-state index is -0.324. The SMILES string of the molecule is CC(C)(C)NC(=O)Nc1ccc2c(c1)ncc(=O)n2Cc1ccccc1. The molecule has 0 radical (unpaired) electrons. The largest absolute Gasteiger partial charge is 0.333 e. The molecule has 0 saturated carbocycles. The van der Waals surface area contributed by atoms with Crippen LogP contribution in [0, 0.1) is 0 Å². The molecule has 2 N–H and O–H groups in total. The van der Waals surface area contributed by atoms with Gasteiger partial charge in [-0.3, -0.25) is 4.79 Å². The number of hydrogen-bond donors (Lipinski definition) is 2. The third-order valence-corrected chi connectivity index (χ3v) is 3.78. The highest BCUT2D eigenvalue weighted by molar-refractivity contribution is 5.92. The van der Waals surface area contributed by atoms with Crippen LogP contribution < -0.4 is 16.2 Å². The molecule has 2 amide bonds. The van der Waals surface area contributed by atoms with Crippen LogP contribution in [0.5, 0.6) is 0 Å². The quantitative estimate of drug-likeness (QED) is 0.760. The van der Waals surface area contributed by atoms with E-state index in [9.17, 15) is 9.59 Å². The van der Waals surface area contributed by atoms with Crippen molar-refractivity contribution in [2.24, 2.45) is 0 Å². The van der Waals surface area contributed by atoms with Crippen LogP contribution in [-0.4, -0.2) is 21.1 Å². The molecule has 0 aliphatic rings. The van der Waals surface area contributed by atoms with Crippen molar-refractivity contribution in [3.8, 4) is 0 Å². The van der Waals surface area contributed by atoms with Gasteiger partial charge in [0.05, 0.1) is 23.8 Å². The lowest BCUT2D eigenvalue weighted by Crippen LogP contribution is -2.43. The van der Waals surface area contributed by atoms with E-state index >= 15 is 0 Å². The van der Waals surface area contributed by atoms with Crippen molar-refractivity contribution in [1.82, 2.24) is 14.9 Å². The van der Waals surface area contributed by atoms with Crippen LogP contribution in [-0.2, 0) is 6.54 Å². The normalized spacial score (nSPS) is 11.3. The Morgan fingerprint density at radius 1 is 1.12 bits per heavy atom. The highest BCUT2D eigenvalue weighted by Gasteiger charge is 2.14. The standard InChI is InChI=1S/C20H22N4O2/c1-20(2,3)23-19(26)22-15-9-10-17-16(11-15)21-12-18(25)24(17)13-14-7-5-4-6-8-14/h4-12H,13H2,1-3H3,(H2,22,23,26). The maximum atomic E-state index is 12.3. The van der Waals surface area contributed by atoms with E-state index in [1.807, 2.05) is 51.1 Å². The van der Waals surface area contributed by atoms with Gasteiger partial charge in [-0.15, -0.1) is 0 Å². The van der Waals surface area contributed by atoms with Crippen LogP contribution in [0.25, 0.3) is 11.0 Å². The second-order valence-electron chi connectivity index (χ2n) is 7.20. The fraction of sp³-hybridized carbons (Fsp3) is 0.250. The third kappa shape index (κ3) is 4.27. The molecule has 0 aliphatic heterocycles. The number of nitrogens with one attached hydrogen (secondary N) is 2. The maximum absolute atomic E-state index is 12.3. The van der Waals surface area contributed by atoms with Crippen molar-refractivity contribution in [3.05, 3.63) is 70.6 Å². The first-order chi connectivity index (χ1) is 12.3. The van der Waals surface area contributed by atoms with Gasteiger partial charge in [-0.25, -0.2) is 9.78 Å². The molecule has 2 aromatic carbocycles. The van der Waals surface area contributed by atoms with E-state index in [-0.39, 0.29) is 17.1 Å². The van der Waals surface area contributed by atoms with E-state index in [0.29, 0.717) is 17.7 Å². The first kappa shape index (κ1) is 17.7. The number of carbonyl (C=O) groups excluding carboxylic acids is 1. The first-order valence-corrected chi connectivity index (χ1v) is 8.44. The summed E-state index contributed by atoms with van der Waals surface area (Å²) < 4.78 is 1.68. The average molecular weight is 350 g/mol. The minimum absolute atomic E-state index is 0.160. The average Bonchev–Trinajstić information content (AvgIpc) is 2.56. The monoisotopic (exact) mass is 350 g/mol. The van der Waals surface area contributed by atoms with Gasteiger partial charge in [-0.2, -0.15) is 0 Å². The van der Waals surface area contributed by atoms with Gasteiger partial charge in [0.15, 0.2) is 0 Å². The lowest BCUT2D eigenvalue weighted by Gasteiger charge is -2.20. The summed E-state index contributed by atoms with van der Waals surface area (Å²) in [5, 5.41) is 5.64. The Morgan fingerprint density at radius 3 is 2.54 bits per heavy atom. The molecule has 0 fully saturated rings. The molecule has 6 heteroatoms. The number of anilines is 1. The molecule has 3 aromatic rings. The molecular formula is C20H22N4O2. The zero-order chi connectivity index (χ0) is 18.7. The molecule has 0 unspecified atom stereocenters. The number of hydrogen-bond acceptors (Lipinski definition) is 3. The fourth-order valence-electron chi connectivity index (χ4n) is 2.68. The summed E-state index contributed by atoms with van der Waals surface area (Å²) in [5.41, 5.74) is 2.55. The van der Waals surface area contributed by atoms with E-state index in [2.05, 4.69) is 15.6 Å². The lowest BCUT2D eigenvalue weighted by molar-refractivity contribution is 0.244. The number of benzene rings is 2. The second-order valence-corrected chi connectivity index (χ2v) is 7.20. The van der Waals surface area contributed by atoms with Crippen LogP contribution in [0.4, 0.5) is 10.5 Å². The number of urea groups is 1. The van der Waals surface area contributed by atoms with Crippen molar-refractivity contribution in [2.75, 3.05) is 5.32 Å². The van der Waals surface area contributed by atoms with Gasteiger partial charge in [0.2, 0.25) is 0 Å². The lowest BCUT2D eigenvalue weighted by atomic mass is 10.1. The van der Waals surface area contributed by atoms with E-state index in [0.717, 1.165) is 11.1 Å². The van der Waals surface area contributed by atoms with E-state index in [4.69, 9.17) is 0 Å². The predicted octanol–water partition coefficient (Wildman–Crippen LogP) is 3.36. The van der Waals surface area contributed by atoms with Gasteiger partial charge < -0.3 is 15.2 Å². The van der Waals surface area contributed by atoms with Gasteiger partial charge >= 0.3 is 6.03 Å². The highest BCUT2D eigenvalue weighted by atomic mass is 16.2. The summed E-state index contributed by atoms with van der Waals surface area (Å²) in [4.78, 5) is 28.5. The number of amides is 2. The molecule has 3 rings (SSSR count). The number of rotatable bonds is 3. The van der Waals surface area contributed by atoms with Gasteiger partial charge in [0.25, 0.3) is 5.56 Å². The summed E-state index contributed by atoms with van der Waals surface area (Å²) in [6.07, 6.45) is 1.31. The van der Waals surface area contributed by atoms with Crippen molar-refractivity contribution >= 4 is 22.8 Å². The zero-order valence-corrected chi connectivity index (χ0v) is 15.1. The summed E-state index contributed by atoms with van der Waals surface area (Å²) in [6.45, 7) is 6.21. The Balaban J connectivity index is 1.90. The predicted molar refractivity (Wildman–Crippen MR) is 103 cm³/mol. The van der Waals surface area contributed by atoms with E-state index < -0.39 is 0 Å². The molecule has 0 bridgehead atoms. The topological polar surface area (TPSA) is 76.0 Å². The smallest absolute Gasteiger partial charge is 0.319 e. The third-order valence-electron chi connectivity index (χ3n) is 3.78. The Morgan fingerprint density at radius 2 is 1.85 bits per heavy atom. The highest BCUT2D eigenvalue weighted by Crippen LogP contribution is 2.17. The van der Waals surface area contributed by atoms with Crippen LogP contribution in [0.1, 0.15) is 26.3 Å². The number of aromatic nitrogens is 2. The molecule has 26 heavy (non-hydrogen) atoms. The number of fused-ring (bicyclic) bond motifs is 1. The van der Waals surface area contributed by atoms with Crippen molar-refractivity contribution in [1.29, 1.82) is 0 Å². The molecule has 0 aliphatic carbocycles. The summed E-state index contributed by atoms with van der Waals surface area (Å²) in [6, 6.07) is 14.8. The molecule has 1 aromatic heterocycles. The molecule has 1 heterocycles. The van der Waals surface area contributed by atoms with Gasteiger partial charge in [0.1, 0.15) is 0 Å². The minimum Gasteiger partial charge on any atom is -0.333 e. The van der Waals surface area contributed by atoms with E-state index in [1.165, 1.54) is 6.20 Å². The number of nitrogens with zero attached hydrogens (tertiary/aromatic N) is 2. The van der Waals surface area contributed by atoms with Crippen LogP contribution in [0.15, 0.2) is 59.5 Å². The zero-order valence-electron chi connectivity index (χ0n) is 15.1. The summed E-state index contributed by atoms with van der Waals surface area (Å²) in [5.74, 6) is 0. The molecule has 0 saturated heterocycles. The molecular weight excluding hydrogens is 328 g/mol. The van der Waals surface area contributed by atoms with Gasteiger partial charge in [0, 0.05) is 11.2 Å². The van der Waals surface area contributed by atoms with Gasteiger partial charge in [-0.1, -0.05) is 30.3 Å². The summed E-state index contributed by atoms with van der Waals surface area (Å²) in [7, 11) is 0. The van der Waals surface area contributed by atoms with Crippen LogP contribution in [0.3, 0.4) is 0 Å². The number of carbonyl (C=O) groups is 1. The Bertz CT molecular complexity index is 988. The first-order valence-electron chi connectivity index (χ1n) is 8.44. The van der Waals surface area contributed by atoms with E-state index in [1.54, 1.807) is 22.8 Å².